The third-order valence-electron chi connectivity index (χ3n) is 7.68. The van der Waals surface area contributed by atoms with Gasteiger partial charge in [0.1, 0.15) is 0 Å². The van der Waals surface area contributed by atoms with Crippen molar-refractivity contribution in [3.63, 3.8) is 0 Å². The second kappa shape index (κ2) is 9.06. The average molecular weight is 480 g/mol. The van der Waals surface area contributed by atoms with E-state index in [1.54, 1.807) is 31.2 Å². The molecule has 4 fully saturated rings. The number of nitro benzene ring substituents is 1. The van der Waals surface area contributed by atoms with Gasteiger partial charge in [0, 0.05) is 16.5 Å². The van der Waals surface area contributed by atoms with Gasteiger partial charge in [0.05, 0.1) is 27.5 Å². The van der Waals surface area contributed by atoms with Crippen LogP contribution in [0.5, 0.6) is 0 Å². The average Bonchev–Trinajstić information content (AvgIpc) is 2.78. The van der Waals surface area contributed by atoms with Gasteiger partial charge in [-0.05, 0) is 81.4 Å². The maximum absolute atomic E-state index is 13.0. The normalized spacial score (nSPS) is 26.8. The molecule has 0 atom stereocenters. The van der Waals surface area contributed by atoms with Crippen LogP contribution in [0.2, 0.25) is 0 Å². The van der Waals surface area contributed by atoms with Gasteiger partial charge in [0.15, 0.2) is 0 Å². The summed E-state index contributed by atoms with van der Waals surface area (Å²) in [7, 11) is 0. The lowest BCUT2D eigenvalue weighted by Crippen LogP contribution is -2.60. The number of hydrogen-bond donors (Lipinski definition) is 2. The number of nitrogens with one attached hydrogen (secondary N) is 2. The first kappa shape index (κ1) is 22.9. The quantitative estimate of drug-likeness (QED) is 0.317. The Morgan fingerprint density at radius 1 is 1.03 bits per heavy atom. The highest BCUT2D eigenvalue weighted by Gasteiger charge is 2.51. The fourth-order valence-corrected chi connectivity index (χ4v) is 7.52. The summed E-state index contributed by atoms with van der Waals surface area (Å²) in [6.07, 6.45) is 7.31. The molecule has 4 aliphatic rings. The van der Waals surface area contributed by atoms with Crippen molar-refractivity contribution in [2.24, 2.45) is 17.8 Å². The van der Waals surface area contributed by atoms with Crippen molar-refractivity contribution in [1.82, 2.24) is 5.32 Å². The van der Waals surface area contributed by atoms with E-state index < -0.39 is 4.92 Å². The third kappa shape index (κ3) is 4.56. The topological polar surface area (TPSA) is 101 Å². The number of rotatable bonds is 7. The molecule has 2 amide bonds. The van der Waals surface area contributed by atoms with Crippen molar-refractivity contribution in [3.8, 4) is 0 Å². The Kier molecular flexibility index (Phi) is 6.10. The summed E-state index contributed by atoms with van der Waals surface area (Å²) in [6.45, 7) is 1.61. The molecule has 0 aromatic heterocycles. The van der Waals surface area contributed by atoms with Crippen molar-refractivity contribution in [2.45, 2.75) is 55.9 Å². The van der Waals surface area contributed by atoms with Gasteiger partial charge in [0.25, 0.3) is 11.6 Å². The number of nitro groups is 1. The highest BCUT2D eigenvalue weighted by Crippen LogP contribution is 2.55. The lowest BCUT2D eigenvalue weighted by Gasteiger charge is -2.56. The molecule has 2 aromatic rings. The maximum Gasteiger partial charge on any atom is 0.274 e. The maximum atomic E-state index is 13.0. The predicted octanol–water partition coefficient (Wildman–Crippen LogP) is 5.33. The molecule has 0 saturated heterocycles. The van der Waals surface area contributed by atoms with Crippen LogP contribution in [0.25, 0.3) is 0 Å². The van der Waals surface area contributed by atoms with Crippen LogP contribution in [0.3, 0.4) is 0 Å². The Morgan fingerprint density at radius 2 is 1.68 bits per heavy atom. The highest BCUT2D eigenvalue weighted by atomic mass is 32.2. The molecule has 0 aliphatic heterocycles. The molecule has 34 heavy (non-hydrogen) atoms. The summed E-state index contributed by atoms with van der Waals surface area (Å²) < 4.78 is 0. The summed E-state index contributed by atoms with van der Waals surface area (Å²) in [6, 6.07) is 11.8. The minimum absolute atomic E-state index is 0.0247. The third-order valence-corrected chi connectivity index (χ3v) is 8.76. The molecule has 0 radical (unpaired) electrons. The number of carbonyl (C=O) groups excluding carboxylic acids is 2. The van der Waals surface area contributed by atoms with Crippen molar-refractivity contribution >= 4 is 35.0 Å². The van der Waals surface area contributed by atoms with Crippen LogP contribution >= 0.6 is 11.8 Å². The number of amides is 2. The van der Waals surface area contributed by atoms with E-state index >= 15 is 0 Å². The molecule has 4 saturated carbocycles. The van der Waals surface area contributed by atoms with E-state index in [-0.39, 0.29) is 28.8 Å². The van der Waals surface area contributed by atoms with Crippen LogP contribution in [0.4, 0.5) is 11.4 Å². The van der Waals surface area contributed by atoms with Crippen LogP contribution in [-0.2, 0) is 4.79 Å². The first-order chi connectivity index (χ1) is 16.3. The molecule has 0 spiro atoms. The van der Waals surface area contributed by atoms with Crippen LogP contribution < -0.4 is 10.6 Å². The molecular weight excluding hydrogens is 450 g/mol. The van der Waals surface area contributed by atoms with Gasteiger partial charge in [-0.3, -0.25) is 19.7 Å². The first-order valence-corrected chi connectivity index (χ1v) is 12.9. The van der Waals surface area contributed by atoms with Gasteiger partial charge in [-0.1, -0.05) is 18.2 Å². The van der Waals surface area contributed by atoms with E-state index in [4.69, 9.17) is 0 Å². The Morgan fingerprint density at radius 3 is 2.32 bits per heavy atom. The molecule has 6 rings (SSSR count). The standard InChI is InChI=1S/C26H29N3O4S/c1-16-21(6-4-7-22(16)29(32)33)27-25(31)20-5-2-3-8-23(20)34-15-24(30)28-26-12-17-9-18(13-26)11-19(10-17)14-26/h2-8,17-19H,9-15H2,1H3,(H,27,31)(H,28,30). The van der Waals surface area contributed by atoms with Gasteiger partial charge >= 0.3 is 0 Å². The Balaban J connectivity index is 1.24. The smallest absolute Gasteiger partial charge is 0.274 e. The molecule has 4 aliphatic carbocycles. The Labute approximate surface area is 203 Å². The molecule has 0 heterocycles. The second-order valence-electron chi connectivity index (χ2n) is 10.2. The minimum atomic E-state index is -0.461. The van der Waals surface area contributed by atoms with Crippen molar-refractivity contribution in [3.05, 3.63) is 63.7 Å². The minimum Gasteiger partial charge on any atom is -0.350 e. The zero-order valence-corrected chi connectivity index (χ0v) is 20.0. The van der Waals surface area contributed by atoms with Gasteiger partial charge in [-0.25, -0.2) is 0 Å². The van der Waals surface area contributed by atoms with Crippen molar-refractivity contribution in [2.75, 3.05) is 11.1 Å². The lowest BCUT2D eigenvalue weighted by molar-refractivity contribution is -0.385. The summed E-state index contributed by atoms with van der Waals surface area (Å²) in [4.78, 5) is 37.4. The summed E-state index contributed by atoms with van der Waals surface area (Å²) >= 11 is 1.35. The summed E-state index contributed by atoms with van der Waals surface area (Å²) in [5, 5.41) is 17.4. The molecule has 2 N–H and O–H groups in total. The lowest BCUT2D eigenvalue weighted by atomic mass is 9.53. The van der Waals surface area contributed by atoms with Crippen molar-refractivity contribution in [1.29, 1.82) is 0 Å². The number of anilines is 1. The summed E-state index contributed by atoms with van der Waals surface area (Å²) in [5.41, 5.74) is 1.19. The van der Waals surface area contributed by atoms with Gasteiger partial charge in [-0.15, -0.1) is 11.8 Å². The monoisotopic (exact) mass is 479 g/mol. The van der Waals surface area contributed by atoms with Crippen LogP contribution in [0.15, 0.2) is 47.4 Å². The van der Waals surface area contributed by atoms with Gasteiger partial charge in [0.2, 0.25) is 5.91 Å². The van der Waals surface area contributed by atoms with E-state index in [1.165, 1.54) is 37.1 Å². The Hall–Kier alpha value is -2.87. The second-order valence-corrected chi connectivity index (χ2v) is 11.2. The number of nitrogens with zero attached hydrogens (tertiary/aromatic N) is 1. The van der Waals surface area contributed by atoms with Crippen molar-refractivity contribution < 1.29 is 14.5 Å². The van der Waals surface area contributed by atoms with E-state index in [9.17, 15) is 19.7 Å². The fourth-order valence-electron chi connectivity index (χ4n) is 6.67. The largest absolute Gasteiger partial charge is 0.350 e. The molecule has 8 heteroatoms. The molecular formula is C26H29N3O4S. The number of thioether (sulfide) groups is 1. The van der Waals surface area contributed by atoms with Crippen LogP contribution in [0.1, 0.15) is 54.4 Å². The van der Waals surface area contributed by atoms with Crippen LogP contribution in [0, 0.1) is 34.8 Å². The van der Waals surface area contributed by atoms with Crippen LogP contribution in [-0.4, -0.2) is 28.0 Å². The number of carbonyl (C=O) groups is 2. The zero-order valence-electron chi connectivity index (χ0n) is 19.2. The predicted molar refractivity (Wildman–Crippen MR) is 132 cm³/mol. The van der Waals surface area contributed by atoms with Gasteiger partial charge < -0.3 is 10.6 Å². The number of hydrogen-bond acceptors (Lipinski definition) is 5. The summed E-state index contributed by atoms with van der Waals surface area (Å²) in [5.74, 6) is 2.22. The van der Waals surface area contributed by atoms with E-state index in [0.29, 0.717) is 21.7 Å². The molecule has 2 aromatic carbocycles. The zero-order chi connectivity index (χ0) is 23.9. The Bertz CT molecular complexity index is 1110. The SMILES string of the molecule is Cc1c(NC(=O)c2ccccc2SCC(=O)NC23CC4CC(CC(C4)C2)C3)cccc1[N+](=O)[O-]. The molecule has 178 valence electrons. The molecule has 0 unspecified atom stereocenters. The van der Waals surface area contributed by atoms with E-state index in [1.807, 2.05) is 12.1 Å². The number of benzene rings is 2. The van der Waals surface area contributed by atoms with Gasteiger partial charge in [-0.2, -0.15) is 0 Å². The van der Waals surface area contributed by atoms with E-state index in [2.05, 4.69) is 10.6 Å². The molecule has 4 bridgehead atoms. The fraction of sp³-hybridized carbons (Fsp3) is 0.462. The first-order valence-electron chi connectivity index (χ1n) is 11.9. The van der Waals surface area contributed by atoms with E-state index in [0.717, 1.165) is 37.0 Å². The molecule has 7 nitrogen and oxygen atoms in total. The highest BCUT2D eigenvalue weighted by molar-refractivity contribution is 8.00.